The van der Waals surface area contributed by atoms with Crippen molar-refractivity contribution in [1.29, 1.82) is 0 Å². The van der Waals surface area contributed by atoms with Gasteiger partial charge in [0.1, 0.15) is 0 Å². The number of aromatic nitrogens is 1. The number of amides is 2. The maximum atomic E-state index is 13.9. The minimum atomic E-state index is -0.316. The van der Waals surface area contributed by atoms with E-state index < -0.39 is 0 Å². The third-order valence-corrected chi connectivity index (χ3v) is 12.0. The number of carbonyl (C=O) groups excluding carboxylic acids is 2. The molecule has 7 atom stereocenters. The van der Waals surface area contributed by atoms with Crippen molar-refractivity contribution in [2.75, 3.05) is 4.90 Å². The molecule has 1 saturated heterocycles. The number of H-pyrrole nitrogens is 1. The Morgan fingerprint density at radius 2 is 1.46 bits per heavy atom. The minimum absolute atomic E-state index is 0.0171. The van der Waals surface area contributed by atoms with Gasteiger partial charge < -0.3 is 4.98 Å². The van der Waals surface area contributed by atoms with Gasteiger partial charge >= 0.3 is 4.87 Å². The number of imide groups is 1. The lowest BCUT2D eigenvalue weighted by molar-refractivity contribution is -0.123. The molecule has 2 amide bonds. The van der Waals surface area contributed by atoms with E-state index in [1.807, 2.05) is 18.2 Å². The molecular formula is C31H23ClN2O3S2. The fourth-order valence-electron chi connectivity index (χ4n) is 7.75. The summed E-state index contributed by atoms with van der Waals surface area (Å²) in [5.74, 6) is -0.403. The van der Waals surface area contributed by atoms with Crippen LogP contribution < -0.4 is 9.77 Å². The lowest BCUT2D eigenvalue weighted by Crippen LogP contribution is -2.42. The van der Waals surface area contributed by atoms with E-state index in [-0.39, 0.29) is 57.4 Å². The van der Waals surface area contributed by atoms with Gasteiger partial charge in [-0.25, -0.2) is 0 Å². The molecule has 2 saturated carbocycles. The van der Waals surface area contributed by atoms with E-state index in [0.29, 0.717) is 10.7 Å². The molecule has 194 valence electrons. The van der Waals surface area contributed by atoms with Crippen LogP contribution in [0.1, 0.15) is 22.8 Å². The van der Waals surface area contributed by atoms with Crippen molar-refractivity contribution in [2.45, 2.75) is 22.6 Å². The highest BCUT2D eigenvalue weighted by atomic mass is 35.5. The maximum Gasteiger partial charge on any atom is 0.305 e. The number of thiazole rings is 1. The van der Waals surface area contributed by atoms with Crippen LogP contribution in [0.4, 0.5) is 5.69 Å². The van der Waals surface area contributed by atoms with Gasteiger partial charge in [0.15, 0.2) is 0 Å². The molecule has 2 aliphatic carbocycles. The van der Waals surface area contributed by atoms with Crippen molar-refractivity contribution in [3.05, 3.63) is 104 Å². The molecule has 2 aliphatic heterocycles. The summed E-state index contributed by atoms with van der Waals surface area (Å²) in [4.78, 5) is 45.6. The van der Waals surface area contributed by atoms with Gasteiger partial charge in [-0.15, -0.1) is 11.8 Å². The van der Waals surface area contributed by atoms with Gasteiger partial charge in [-0.05, 0) is 65.1 Å². The number of benzene rings is 3. The van der Waals surface area contributed by atoms with Gasteiger partial charge in [0.05, 0.1) is 22.5 Å². The van der Waals surface area contributed by atoms with Crippen LogP contribution >= 0.6 is 34.7 Å². The van der Waals surface area contributed by atoms with Crippen molar-refractivity contribution >= 4 is 52.2 Å². The van der Waals surface area contributed by atoms with Crippen LogP contribution in [0.5, 0.6) is 0 Å². The number of hydrogen-bond donors (Lipinski definition) is 1. The summed E-state index contributed by atoms with van der Waals surface area (Å²) in [6.45, 7) is 0. The molecule has 39 heavy (non-hydrogen) atoms. The van der Waals surface area contributed by atoms with Crippen molar-refractivity contribution < 1.29 is 9.59 Å². The van der Waals surface area contributed by atoms with E-state index in [1.54, 1.807) is 36.0 Å². The molecule has 8 heteroatoms. The highest BCUT2D eigenvalue weighted by Gasteiger charge is 2.69. The van der Waals surface area contributed by atoms with E-state index in [1.165, 1.54) is 16.2 Å². The summed E-state index contributed by atoms with van der Waals surface area (Å²) in [6, 6.07) is 25.9. The molecule has 4 aromatic rings. The Balaban J connectivity index is 1.19. The second kappa shape index (κ2) is 8.68. The first-order valence-electron chi connectivity index (χ1n) is 13.2. The van der Waals surface area contributed by atoms with Crippen LogP contribution in [0.25, 0.3) is 11.1 Å². The molecule has 2 bridgehead atoms. The number of aromatic amines is 1. The van der Waals surface area contributed by atoms with Crippen molar-refractivity contribution in [2.24, 2.45) is 29.6 Å². The number of rotatable bonds is 3. The first-order chi connectivity index (χ1) is 19.0. The van der Waals surface area contributed by atoms with E-state index in [4.69, 9.17) is 11.6 Å². The summed E-state index contributed by atoms with van der Waals surface area (Å²) in [7, 11) is 0. The largest absolute Gasteiger partial charge is 0.307 e. The molecule has 0 radical (unpaired) electrons. The van der Waals surface area contributed by atoms with Crippen molar-refractivity contribution in [3.63, 3.8) is 0 Å². The molecule has 3 fully saturated rings. The number of anilines is 1. The predicted molar refractivity (Wildman–Crippen MR) is 154 cm³/mol. The summed E-state index contributed by atoms with van der Waals surface area (Å²) in [5, 5.41) is 1.68. The van der Waals surface area contributed by atoms with Crippen LogP contribution in [0, 0.1) is 29.6 Å². The Morgan fingerprint density at radius 3 is 2.18 bits per heavy atom. The van der Waals surface area contributed by atoms with Gasteiger partial charge in [0.2, 0.25) is 11.8 Å². The molecule has 5 nitrogen and oxygen atoms in total. The normalized spacial score (nSPS) is 30.4. The molecule has 0 spiro atoms. The maximum absolute atomic E-state index is 13.9. The zero-order valence-electron chi connectivity index (χ0n) is 20.6. The van der Waals surface area contributed by atoms with Gasteiger partial charge in [0.25, 0.3) is 0 Å². The lowest BCUT2D eigenvalue weighted by Gasteiger charge is -2.43. The first-order valence-corrected chi connectivity index (χ1v) is 15.3. The van der Waals surface area contributed by atoms with E-state index in [0.717, 1.165) is 33.0 Å². The molecule has 5 unspecified atom stereocenters. The first kappa shape index (κ1) is 23.7. The lowest BCUT2D eigenvalue weighted by atomic mass is 9.68. The second-order valence-electron chi connectivity index (χ2n) is 10.9. The Labute approximate surface area is 238 Å². The smallest absolute Gasteiger partial charge is 0.305 e. The average molecular weight is 571 g/mol. The fraction of sp³-hybridized carbons (Fsp3) is 0.258. The summed E-state index contributed by atoms with van der Waals surface area (Å²) in [6.07, 6.45) is 0.876. The molecule has 1 N–H and O–H groups in total. The highest BCUT2D eigenvalue weighted by Crippen LogP contribution is 2.68. The van der Waals surface area contributed by atoms with Crippen LogP contribution in [-0.2, 0) is 9.59 Å². The Bertz CT molecular complexity index is 1680. The van der Waals surface area contributed by atoms with Crippen LogP contribution in [0.3, 0.4) is 0 Å². The number of nitrogens with zero attached hydrogens (tertiary/aromatic N) is 1. The molecule has 8 rings (SSSR count). The number of hydrogen-bond acceptors (Lipinski definition) is 5. The second-order valence-corrected chi connectivity index (χ2v) is 13.6. The molecule has 4 aliphatic rings. The molecular weight excluding hydrogens is 548 g/mol. The van der Waals surface area contributed by atoms with Crippen molar-refractivity contribution in [3.8, 4) is 11.1 Å². The monoisotopic (exact) mass is 570 g/mol. The summed E-state index contributed by atoms with van der Waals surface area (Å²) in [5.41, 5.74) is 4.06. The van der Waals surface area contributed by atoms with Crippen LogP contribution in [0.15, 0.2) is 88.7 Å². The zero-order chi connectivity index (χ0) is 26.4. The number of fused-ring (bicyclic) bond motifs is 9. The quantitative estimate of drug-likeness (QED) is 0.288. The number of carbonyl (C=O) groups is 2. The fourth-order valence-corrected chi connectivity index (χ4v) is 10.8. The SMILES string of the molecule is O=C1C2C(C(=O)N1c1ccc(Cl)cc1)[C@@H]1C[C@H]2C2Sc3[nH]c(=O)sc3C(c3ccc(-c4ccccc4)cc3)C21. The van der Waals surface area contributed by atoms with Crippen LogP contribution in [-0.4, -0.2) is 22.0 Å². The van der Waals surface area contributed by atoms with E-state index in [2.05, 4.69) is 41.4 Å². The highest BCUT2D eigenvalue weighted by molar-refractivity contribution is 8.00. The van der Waals surface area contributed by atoms with Gasteiger partial charge in [-0.3, -0.25) is 19.3 Å². The number of halogens is 1. The number of thioether (sulfide) groups is 1. The average Bonchev–Trinajstić information content (AvgIpc) is 3.69. The molecule has 1 aromatic heterocycles. The summed E-state index contributed by atoms with van der Waals surface area (Å²) < 4.78 is 0. The van der Waals surface area contributed by atoms with Gasteiger partial charge in [0, 0.05) is 21.1 Å². The topological polar surface area (TPSA) is 70.2 Å². The predicted octanol–water partition coefficient (Wildman–Crippen LogP) is 6.43. The third kappa shape index (κ3) is 3.43. The Hall–Kier alpha value is -3.13. The minimum Gasteiger partial charge on any atom is -0.307 e. The standard InChI is InChI=1S/C31H23ClN2O3S2/c32-18-10-12-19(13-11-18)34-29(35)24-20-14-21(25(24)30(34)36)26-23(20)22(27-28(38-26)33-31(37)39-27)17-8-6-16(7-9-17)15-4-2-1-3-5-15/h1-13,20-26H,14H2,(H,33,37)/t20-,21-,22?,23?,24?,25?,26?/m1/s1. The van der Waals surface area contributed by atoms with E-state index >= 15 is 0 Å². The summed E-state index contributed by atoms with van der Waals surface area (Å²) >= 11 is 9.08. The van der Waals surface area contributed by atoms with E-state index in [9.17, 15) is 14.4 Å². The zero-order valence-corrected chi connectivity index (χ0v) is 23.0. The van der Waals surface area contributed by atoms with Gasteiger partial charge in [-0.1, -0.05) is 77.5 Å². The number of nitrogens with one attached hydrogen (secondary N) is 1. The molecule has 3 heterocycles. The third-order valence-electron chi connectivity index (χ3n) is 9.19. The molecule has 3 aromatic carbocycles. The van der Waals surface area contributed by atoms with Gasteiger partial charge in [-0.2, -0.15) is 0 Å². The Kier molecular flexibility index (Phi) is 5.28. The van der Waals surface area contributed by atoms with Crippen LogP contribution in [0.2, 0.25) is 5.02 Å². The Morgan fingerprint density at radius 1 is 0.795 bits per heavy atom. The van der Waals surface area contributed by atoms with Crippen molar-refractivity contribution in [1.82, 2.24) is 4.98 Å².